The topological polar surface area (TPSA) is 43.4 Å². The fourth-order valence-electron chi connectivity index (χ4n) is 1.73. The van der Waals surface area contributed by atoms with E-state index in [2.05, 4.69) is 15.9 Å². The molecular weight excluding hydrogens is 292 g/mol. The maximum Gasteiger partial charge on any atom is 0.154 e. The summed E-state index contributed by atoms with van der Waals surface area (Å²) in [7, 11) is -2.88. The summed E-state index contributed by atoms with van der Waals surface area (Å²) in [5.74, 6) is 1.14. The number of hydrogen-bond acceptors (Lipinski definition) is 3. The second kappa shape index (κ2) is 4.37. The molecule has 16 heavy (non-hydrogen) atoms. The van der Waals surface area contributed by atoms with E-state index in [0.29, 0.717) is 6.42 Å². The Labute approximate surface area is 104 Å². The van der Waals surface area contributed by atoms with E-state index in [0.717, 1.165) is 15.8 Å². The van der Waals surface area contributed by atoms with Crippen LogP contribution < -0.4 is 4.74 Å². The van der Waals surface area contributed by atoms with E-state index in [1.807, 2.05) is 25.1 Å². The van der Waals surface area contributed by atoms with Crippen LogP contribution in [0.2, 0.25) is 0 Å². The van der Waals surface area contributed by atoms with E-state index in [1.54, 1.807) is 0 Å². The minimum Gasteiger partial charge on any atom is -0.489 e. The predicted octanol–water partition coefficient (Wildman–Crippen LogP) is 2.32. The molecule has 1 aromatic rings. The van der Waals surface area contributed by atoms with E-state index < -0.39 is 9.84 Å². The van der Waals surface area contributed by atoms with Crippen molar-refractivity contribution in [1.82, 2.24) is 0 Å². The van der Waals surface area contributed by atoms with Crippen LogP contribution in [0.25, 0.3) is 0 Å². The molecule has 1 fully saturated rings. The van der Waals surface area contributed by atoms with E-state index in [4.69, 9.17) is 4.74 Å². The van der Waals surface area contributed by atoms with Crippen molar-refractivity contribution in [3.05, 3.63) is 28.2 Å². The average Bonchev–Trinajstić information content (AvgIpc) is 2.52. The molecule has 1 atom stereocenters. The van der Waals surface area contributed by atoms with E-state index in [1.165, 1.54) is 0 Å². The molecule has 0 aliphatic carbocycles. The molecule has 88 valence electrons. The van der Waals surface area contributed by atoms with Crippen LogP contribution in [0.3, 0.4) is 0 Å². The lowest BCUT2D eigenvalue weighted by Crippen LogP contribution is -2.18. The van der Waals surface area contributed by atoms with Gasteiger partial charge in [0.15, 0.2) is 9.84 Å². The summed E-state index contributed by atoms with van der Waals surface area (Å²) in [4.78, 5) is 0. The Hall–Kier alpha value is -0.550. The first kappa shape index (κ1) is 11.9. The minimum atomic E-state index is -2.88. The zero-order chi connectivity index (χ0) is 11.8. The number of aryl methyl sites for hydroxylation is 1. The van der Waals surface area contributed by atoms with Crippen LogP contribution in [0.1, 0.15) is 12.0 Å². The Bertz CT molecular complexity index is 496. The van der Waals surface area contributed by atoms with E-state index >= 15 is 0 Å². The minimum absolute atomic E-state index is 0.138. The number of hydrogen-bond donors (Lipinski definition) is 0. The summed E-state index contributed by atoms with van der Waals surface area (Å²) in [5, 5.41) is 0. The van der Waals surface area contributed by atoms with Gasteiger partial charge in [-0.2, -0.15) is 0 Å². The van der Waals surface area contributed by atoms with Crippen LogP contribution in [0, 0.1) is 6.92 Å². The molecule has 0 spiro atoms. The molecule has 2 rings (SSSR count). The van der Waals surface area contributed by atoms with Crippen molar-refractivity contribution in [2.75, 3.05) is 11.5 Å². The normalized spacial score (nSPS) is 23.2. The van der Waals surface area contributed by atoms with Gasteiger partial charge in [0.25, 0.3) is 0 Å². The second-order valence-corrected chi connectivity index (χ2v) is 7.20. The Morgan fingerprint density at radius 2 is 2.19 bits per heavy atom. The third-order valence-electron chi connectivity index (χ3n) is 2.63. The van der Waals surface area contributed by atoms with Gasteiger partial charge in [-0.3, -0.25) is 0 Å². The van der Waals surface area contributed by atoms with Gasteiger partial charge in [0, 0.05) is 4.47 Å². The summed E-state index contributed by atoms with van der Waals surface area (Å²) < 4.78 is 29.2. The third-order valence-corrected chi connectivity index (χ3v) is 4.87. The smallest absolute Gasteiger partial charge is 0.154 e. The number of benzene rings is 1. The summed E-state index contributed by atoms with van der Waals surface area (Å²) in [6, 6.07) is 5.76. The van der Waals surface area contributed by atoms with Crippen molar-refractivity contribution < 1.29 is 13.2 Å². The number of halogens is 1. The molecule has 5 heteroatoms. The van der Waals surface area contributed by atoms with Gasteiger partial charge >= 0.3 is 0 Å². The lowest BCUT2D eigenvalue weighted by Gasteiger charge is -2.14. The maximum atomic E-state index is 11.3. The van der Waals surface area contributed by atoms with Crippen LogP contribution in [0.4, 0.5) is 0 Å². The zero-order valence-electron chi connectivity index (χ0n) is 8.94. The highest BCUT2D eigenvalue weighted by Crippen LogP contribution is 2.26. The average molecular weight is 305 g/mol. The van der Waals surface area contributed by atoms with Crippen molar-refractivity contribution in [3.8, 4) is 5.75 Å². The van der Waals surface area contributed by atoms with Crippen LogP contribution in [-0.2, 0) is 9.84 Å². The second-order valence-electron chi connectivity index (χ2n) is 4.05. The lowest BCUT2D eigenvalue weighted by molar-refractivity contribution is 0.227. The van der Waals surface area contributed by atoms with Crippen LogP contribution in [0.5, 0.6) is 5.75 Å². The Morgan fingerprint density at radius 3 is 2.81 bits per heavy atom. The van der Waals surface area contributed by atoms with E-state index in [-0.39, 0.29) is 17.6 Å². The molecule has 0 saturated carbocycles. The molecule has 0 radical (unpaired) electrons. The molecule has 3 nitrogen and oxygen atoms in total. The van der Waals surface area contributed by atoms with Gasteiger partial charge in [-0.1, -0.05) is 22.0 Å². The fraction of sp³-hybridized carbons (Fsp3) is 0.455. The lowest BCUT2D eigenvalue weighted by atomic mass is 10.2. The van der Waals surface area contributed by atoms with Gasteiger partial charge < -0.3 is 4.74 Å². The molecule has 1 heterocycles. The first-order chi connectivity index (χ1) is 7.46. The molecule has 0 N–H and O–H groups in total. The highest BCUT2D eigenvalue weighted by molar-refractivity contribution is 9.10. The number of ether oxygens (including phenoxy) is 1. The Morgan fingerprint density at radius 1 is 1.44 bits per heavy atom. The first-order valence-electron chi connectivity index (χ1n) is 5.09. The highest BCUT2D eigenvalue weighted by Gasteiger charge is 2.29. The van der Waals surface area contributed by atoms with Crippen LogP contribution in [-0.4, -0.2) is 26.0 Å². The summed E-state index contributed by atoms with van der Waals surface area (Å²) in [6.07, 6.45) is 0.395. The molecular formula is C11H13BrO3S. The van der Waals surface area contributed by atoms with Gasteiger partial charge in [-0.05, 0) is 31.0 Å². The highest BCUT2D eigenvalue weighted by atomic mass is 79.9. The van der Waals surface area contributed by atoms with Crippen molar-refractivity contribution >= 4 is 25.8 Å². The largest absolute Gasteiger partial charge is 0.489 e. The summed E-state index contributed by atoms with van der Waals surface area (Å²) in [5.41, 5.74) is 1.02. The molecule has 0 bridgehead atoms. The van der Waals surface area contributed by atoms with Gasteiger partial charge in [0.05, 0.1) is 11.5 Å². The van der Waals surface area contributed by atoms with Crippen LogP contribution >= 0.6 is 15.9 Å². The molecule has 1 saturated heterocycles. The number of rotatable bonds is 2. The van der Waals surface area contributed by atoms with Gasteiger partial charge in [-0.15, -0.1) is 0 Å². The fourth-order valence-corrected chi connectivity index (χ4v) is 3.66. The van der Waals surface area contributed by atoms with Gasteiger partial charge in [-0.25, -0.2) is 8.42 Å². The molecule has 1 aromatic carbocycles. The molecule has 1 unspecified atom stereocenters. The van der Waals surface area contributed by atoms with Crippen LogP contribution in [0.15, 0.2) is 22.7 Å². The zero-order valence-corrected chi connectivity index (χ0v) is 11.3. The van der Waals surface area contributed by atoms with Gasteiger partial charge in [0.2, 0.25) is 0 Å². The number of sulfone groups is 1. The molecule has 0 aromatic heterocycles. The Balaban J connectivity index is 2.13. The Kier molecular flexibility index (Phi) is 3.26. The monoisotopic (exact) mass is 304 g/mol. The van der Waals surface area contributed by atoms with Crippen molar-refractivity contribution in [1.29, 1.82) is 0 Å². The van der Waals surface area contributed by atoms with E-state index in [9.17, 15) is 8.42 Å². The predicted molar refractivity (Wildman–Crippen MR) is 66.6 cm³/mol. The van der Waals surface area contributed by atoms with Gasteiger partial charge in [0.1, 0.15) is 11.9 Å². The maximum absolute atomic E-state index is 11.3. The quantitative estimate of drug-likeness (QED) is 0.842. The molecule has 1 aliphatic rings. The third kappa shape index (κ3) is 2.77. The first-order valence-corrected chi connectivity index (χ1v) is 7.71. The standard InChI is InChI=1S/C11H13BrO3S/c1-8-2-3-9(12)6-11(8)15-10-4-5-16(13,14)7-10/h2-3,6,10H,4-5,7H2,1H3. The SMILES string of the molecule is Cc1ccc(Br)cc1OC1CCS(=O)(=O)C1. The summed E-state index contributed by atoms with van der Waals surface area (Å²) in [6.45, 7) is 1.95. The molecule has 0 amide bonds. The van der Waals surface area contributed by atoms with Crippen molar-refractivity contribution in [3.63, 3.8) is 0 Å². The van der Waals surface area contributed by atoms with Crippen molar-refractivity contribution in [2.45, 2.75) is 19.4 Å². The summed E-state index contributed by atoms with van der Waals surface area (Å²) >= 11 is 3.37. The molecule has 1 aliphatic heterocycles. The van der Waals surface area contributed by atoms with Crippen molar-refractivity contribution in [2.24, 2.45) is 0 Å².